The summed E-state index contributed by atoms with van der Waals surface area (Å²) in [7, 11) is 0. The third-order valence-electron chi connectivity index (χ3n) is 2.86. The number of rotatable bonds is 1. The monoisotopic (exact) mass is 185 g/mol. The lowest BCUT2D eigenvalue weighted by Gasteiger charge is -2.36. The molecule has 0 aromatic rings. The average molecular weight is 185 g/mol. The van der Waals surface area contributed by atoms with E-state index < -0.39 is 0 Å². The van der Waals surface area contributed by atoms with Gasteiger partial charge in [-0.1, -0.05) is 25.7 Å². The van der Waals surface area contributed by atoms with Gasteiger partial charge in [0.15, 0.2) is 0 Å². The summed E-state index contributed by atoms with van der Waals surface area (Å²) in [6.45, 7) is 6.20. The van der Waals surface area contributed by atoms with Crippen LogP contribution in [-0.4, -0.2) is 21.9 Å². The van der Waals surface area contributed by atoms with Crippen molar-refractivity contribution in [3.8, 4) is 0 Å². The standard InChI is InChI=1S/C11H23NO/c1-11(2,3)12(13)10-8-6-4-5-7-9-10/h10,13H,4-9H2,1-3H3. The highest BCUT2D eigenvalue weighted by Gasteiger charge is 2.27. The van der Waals surface area contributed by atoms with Gasteiger partial charge in [0.25, 0.3) is 0 Å². The van der Waals surface area contributed by atoms with Gasteiger partial charge in [0.05, 0.1) is 0 Å². The predicted octanol–water partition coefficient (Wildman–Crippen LogP) is 3.20. The fraction of sp³-hybridized carbons (Fsp3) is 1.00. The van der Waals surface area contributed by atoms with Crippen LogP contribution < -0.4 is 0 Å². The van der Waals surface area contributed by atoms with Crippen LogP contribution in [0.3, 0.4) is 0 Å². The SMILES string of the molecule is CC(C)(C)N(O)C1CCCCCC1. The molecule has 2 heteroatoms. The van der Waals surface area contributed by atoms with Crippen molar-refractivity contribution in [1.29, 1.82) is 0 Å². The molecule has 0 radical (unpaired) electrons. The summed E-state index contributed by atoms with van der Waals surface area (Å²) in [4.78, 5) is 0. The first-order chi connectivity index (χ1) is 6.02. The molecule has 0 aromatic carbocycles. The molecule has 0 heterocycles. The molecule has 0 amide bonds. The Morgan fingerprint density at radius 3 is 1.85 bits per heavy atom. The molecule has 1 saturated carbocycles. The molecule has 0 unspecified atom stereocenters. The topological polar surface area (TPSA) is 23.5 Å². The molecule has 0 saturated heterocycles. The van der Waals surface area contributed by atoms with Crippen molar-refractivity contribution in [3.05, 3.63) is 0 Å². The van der Waals surface area contributed by atoms with Crippen LogP contribution in [-0.2, 0) is 0 Å². The molecule has 1 aliphatic carbocycles. The maximum atomic E-state index is 9.97. The van der Waals surface area contributed by atoms with E-state index in [2.05, 4.69) is 20.8 Å². The first-order valence-electron chi connectivity index (χ1n) is 5.50. The van der Waals surface area contributed by atoms with Gasteiger partial charge in [-0.25, -0.2) is 0 Å². The molecule has 0 spiro atoms. The number of hydrogen-bond acceptors (Lipinski definition) is 2. The first kappa shape index (κ1) is 11.0. The van der Waals surface area contributed by atoms with E-state index in [-0.39, 0.29) is 5.54 Å². The van der Waals surface area contributed by atoms with Gasteiger partial charge in [-0.3, -0.25) is 0 Å². The molecule has 1 aliphatic rings. The predicted molar refractivity (Wildman–Crippen MR) is 54.9 cm³/mol. The summed E-state index contributed by atoms with van der Waals surface area (Å²) in [6.07, 6.45) is 7.56. The fourth-order valence-electron chi connectivity index (χ4n) is 2.05. The van der Waals surface area contributed by atoms with E-state index in [1.165, 1.54) is 25.7 Å². The van der Waals surface area contributed by atoms with Crippen molar-refractivity contribution in [3.63, 3.8) is 0 Å². The molecule has 1 fully saturated rings. The second-order valence-electron chi connectivity index (χ2n) is 5.16. The van der Waals surface area contributed by atoms with Crippen LogP contribution in [0.4, 0.5) is 0 Å². The Balaban J connectivity index is 2.48. The molecule has 0 bridgehead atoms. The van der Waals surface area contributed by atoms with E-state index in [0.717, 1.165) is 12.8 Å². The second-order valence-corrected chi connectivity index (χ2v) is 5.16. The van der Waals surface area contributed by atoms with Crippen molar-refractivity contribution >= 4 is 0 Å². The zero-order valence-electron chi connectivity index (χ0n) is 9.21. The highest BCUT2D eigenvalue weighted by atomic mass is 16.5. The number of nitrogens with zero attached hydrogens (tertiary/aromatic N) is 1. The van der Waals surface area contributed by atoms with Gasteiger partial charge in [-0.2, -0.15) is 5.06 Å². The Hall–Kier alpha value is -0.0800. The van der Waals surface area contributed by atoms with E-state index in [4.69, 9.17) is 0 Å². The highest BCUT2D eigenvalue weighted by Crippen LogP contribution is 2.25. The minimum Gasteiger partial charge on any atom is -0.313 e. The highest BCUT2D eigenvalue weighted by molar-refractivity contribution is 4.78. The molecule has 13 heavy (non-hydrogen) atoms. The van der Waals surface area contributed by atoms with Gasteiger partial charge in [-0.05, 0) is 33.6 Å². The fourth-order valence-corrected chi connectivity index (χ4v) is 2.05. The lowest BCUT2D eigenvalue weighted by atomic mass is 10.0. The lowest BCUT2D eigenvalue weighted by Crippen LogP contribution is -2.45. The average Bonchev–Trinajstić information content (AvgIpc) is 2.28. The van der Waals surface area contributed by atoms with E-state index in [0.29, 0.717) is 6.04 Å². The zero-order chi connectivity index (χ0) is 9.90. The molecule has 0 aromatic heterocycles. The van der Waals surface area contributed by atoms with Gasteiger partial charge in [-0.15, -0.1) is 0 Å². The van der Waals surface area contributed by atoms with Crippen LogP contribution in [0.2, 0.25) is 0 Å². The minimum absolute atomic E-state index is 0.102. The van der Waals surface area contributed by atoms with Crippen molar-refractivity contribution in [2.45, 2.75) is 70.9 Å². The molecular formula is C11H23NO. The van der Waals surface area contributed by atoms with Gasteiger partial charge in [0.2, 0.25) is 0 Å². The Morgan fingerprint density at radius 2 is 1.46 bits per heavy atom. The van der Waals surface area contributed by atoms with Crippen LogP contribution in [0.5, 0.6) is 0 Å². The second kappa shape index (κ2) is 4.43. The van der Waals surface area contributed by atoms with Crippen molar-refractivity contribution in [2.75, 3.05) is 0 Å². The van der Waals surface area contributed by atoms with E-state index in [1.807, 2.05) is 0 Å². The van der Waals surface area contributed by atoms with Crippen LogP contribution in [0.15, 0.2) is 0 Å². The smallest absolute Gasteiger partial charge is 0.0379 e. The molecule has 0 atom stereocenters. The lowest BCUT2D eigenvalue weighted by molar-refractivity contribution is -0.189. The summed E-state index contributed by atoms with van der Waals surface area (Å²) >= 11 is 0. The van der Waals surface area contributed by atoms with Gasteiger partial charge < -0.3 is 5.21 Å². The van der Waals surface area contributed by atoms with Crippen LogP contribution >= 0.6 is 0 Å². The summed E-state index contributed by atoms with van der Waals surface area (Å²) in [5.41, 5.74) is -0.102. The maximum absolute atomic E-state index is 9.97. The molecule has 1 N–H and O–H groups in total. The largest absolute Gasteiger partial charge is 0.313 e. The van der Waals surface area contributed by atoms with Crippen LogP contribution in [0.25, 0.3) is 0 Å². The van der Waals surface area contributed by atoms with Crippen LogP contribution in [0, 0.1) is 0 Å². The molecule has 1 rings (SSSR count). The third-order valence-corrected chi connectivity index (χ3v) is 2.86. The Kier molecular flexibility index (Phi) is 3.74. The molecular weight excluding hydrogens is 162 g/mol. The Bertz CT molecular complexity index is 143. The Morgan fingerprint density at radius 1 is 1.00 bits per heavy atom. The van der Waals surface area contributed by atoms with E-state index in [1.54, 1.807) is 5.06 Å². The maximum Gasteiger partial charge on any atom is 0.0379 e. The third kappa shape index (κ3) is 3.28. The van der Waals surface area contributed by atoms with E-state index >= 15 is 0 Å². The van der Waals surface area contributed by atoms with Crippen molar-refractivity contribution < 1.29 is 5.21 Å². The number of hydroxylamine groups is 2. The minimum atomic E-state index is -0.102. The molecule has 0 aliphatic heterocycles. The van der Waals surface area contributed by atoms with Crippen molar-refractivity contribution in [1.82, 2.24) is 5.06 Å². The summed E-state index contributed by atoms with van der Waals surface area (Å²) in [5.74, 6) is 0. The normalized spacial score (nSPS) is 21.9. The molecule has 78 valence electrons. The van der Waals surface area contributed by atoms with E-state index in [9.17, 15) is 5.21 Å². The number of hydrogen-bond donors (Lipinski definition) is 1. The Labute approximate surface area is 81.9 Å². The van der Waals surface area contributed by atoms with Crippen LogP contribution in [0.1, 0.15) is 59.3 Å². The van der Waals surface area contributed by atoms with Crippen molar-refractivity contribution in [2.24, 2.45) is 0 Å². The summed E-state index contributed by atoms with van der Waals surface area (Å²) in [6, 6.07) is 0.391. The summed E-state index contributed by atoms with van der Waals surface area (Å²) < 4.78 is 0. The quantitative estimate of drug-likeness (QED) is 0.501. The first-order valence-corrected chi connectivity index (χ1v) is 5.50. The van der Waals surface area contributed by atoms with Gasteiger partial charge in [0, 0.05) is 11.6 Å². The van der Waals surface area contributed by atoms with Gasteiger partial charge in [0.1, 0.15) is 0 Å². The zero-order valence-corrected chi connectivity index (χ0v) is 9.21. The molecule has 2 nitrogen and oxygen atoms in total. The van der Waals surface area contributed by atoms with Gasteiger partial charge >= 0.3 is 0 Å². The summed E-state index contributed by atoms with van der Waals surface area (Å²) in [5, 5.41) is 11.5.